The first-order valence-corrected chi connectivity index (χ1v) is 8.75. The van der Waals surface area contributed by atoms with Crippen LogP contribution in [0.5, 0.6) is 0 Å². The number of thioether (sulfide) groups is 1. The third-order valence-electron chi connectivity index (χ3n) is 3.89. The fourth-order valence-corrected chi connectivity index (χ4v) is 3.18. The van der Waals surface area contributed by atoms with Gasteiger partial charge in [-0.3, -0.25) is 0 Å². The number of rotatable bonds is 9. The summed E-state index contributed by atoms with van der Waals surface area (Å²) in [6.45, 7) is 3.97. The van der Waals surface area contributed by atoms with Crippen molar-refractivity contribution in [3.05, 3.63) is 0 Å². The largest absolute Gasteiger partial charge is 0.310 e. The summed E-state index contributed by atoms with van der Waals surface area (Å²) in [4.78, 5) is 2.66. The van der Waals surface area contributed by atoms with Gasteiger partial charge in [0, 0.05) is 18.6 Å². The highest BCUT2D eigenvalue weighted by molar-refractivity contribution is 7.98. The van der Waals surface area contributed by atoms with E-state index in [-0.39, 0.29) is 0 Å². The second-order valence-electron chi connectivity index (χ2n) is 5.63. The standard InChI is InChI=1S/C14H28N2S/c1-17-11-5-3-2-4-9-16-10-8-14(12-16)15-13-6-7-13/h13-15H,2-12H2,1H3. The molecule has 100 valence electrons. The Balaban J connectivity index is 1.43. The second kappa shape index (κ2) is 7.65. The molecule has 2 aliphatic rings. The molecule has 2 rings (SSSR count). The van der Waals surface area contributed by atoms with E-state index in [1.54, 1.807) is 0 Å². The van der Waals surface area contributed by atoms with Crippen LogP contribution in [0.25, 0.3) is 0 Å². The molecule has 1 saturated carbocycles. The minimum atomic E-state index is 0.805. The van der Waals surface area contributed by atoms with Crippen LogP contribution in [0, 0.1) is 0 Å². The van der Waals surface area contributed by atoms with Gasteiger partial charge in [0.1, 0.15) is 0 Å². The molecule has 2 nitrogen and oxygen atoms in total. The number of unbranched alkanes of at least 4 members (excludes halogenated alkanes) is 3. The smallest absolute Gasteiger partial charge is 0.0209 e. The van der Waals surface area contributed by atoms with Gasteiger partial charge in [0.15, 0.2) is 0 Å². The highest BCUT2D eigenvalue weighted by Crippen LogP contribution is 2.22. The lowest BCUT2D eigenvalue weighted by atomic mass is 10.2. The average Bonchev–Trinajstić information content (AvgIpc) is 3.02. The first-order chi connectivity index (χ1) is 8.38. The molecular weight excluding hydrogens is 228 g/mol. The van der Waals surface area contributed by atoms with E-state index >= 15 is 0 Å². The number of nitrogens with zero attached hydrogens (tertiary/aromatic N) is 1. The summed E-state index contributed by atoms with van der Waals surface area (Å²) in [6.07, 6.45) is 12.1. The predicted octanol–water partition coefficient (Wildman–Crippen LogP) is 2.74. The molecule has 0 bridgehead atoms. The van der Waals surface area contributed by atoms with Crippen LogP contribution in [-0.2, 0) is 0 Å². The molecule has 0 aromatic carbocycles. The maximum Gasteiger partial charge on any atom is 0.0209 e. The molecule has 17 heavy (non-hydrogen) atoms. The molecule has 0 amide bonds. The van der Waals surface area contributed by atoms with Crippen LogP contribution < -0.4 is 5.32 Å². The Labute approximate surface area is 111 Å². The Bertz CT molecular complexity index is 206. The SMILES string of the molecule is CSCCCCCCN1CCC(NC2CC2)C1. The Kier molecular flexibility index (Phi) is 6.16. The molecule has 0 aromatic rings. The maximum atomic E-state index is 3.76. The highest BCUT2D eigenvalue weighted by atomic mass is 32.2. The Morgan fingerprint density at radius 2 is 1.88 bits per heavy atom. The van der Waals surface area contributed by atoms with Gasteiger partial charge in [-0.2, -0.15) is 11.8 Å². The van der Waals surface area contributed by atoms with E-state index in [1.807, 2.05) is 11.8 Å². The zero-order valence-corrected chi connectivity index (χ0v) is 12.1. The van der Waals surface area contributed by atoms with E-state index < -0.39 is 0 Å². The fraction of sp³-hybridized carbons (Fsp3) is 1.00. The molecule has 1 aliphatic heterocycles. The molecule has 1 heterocycles. The van der Waals surface area contributed by atoms with Crippen molar-refractivity contribution in [1.29, 1.82) is 0 Å². The van der Waals surface area contributed by atoms with Crippen molar-refractivity contribution in [2.75, 3.05) is 31.6 Å². The van der Waals surface area contributed by atoms with Crippen LogP contribution in [-0.4, -0.2) is 48.6 Å². The van der Waals surface area contributed by atoms with E-state index in [9.17, 15) is 0 Å². The third kappa shape index (κ3) is 5.62. The van der Waals surface area contributed by atoms with Gasteiger partial charge in [0.05, 0.1) is 0 Å². The van der Waals surface area contributed by atoms with Gasteiger partial charge in [0.2, 0.25) is 0 Å². The average molecular weight is 256 g/mol. The van der Waals surface area contributed by atoms with Crippen molar-refractivity contribution < 1.29 is 0 Å². The monoisotopic (exact) mass is 256 g/mol. The summed E-state index contributed by atoms with van der Waals surface area (Å²) in [7, 11) is 0. The molecule has 0 radical (unpaired) electrons. The van der Waals surface area contributed by atoms with E-state index in [2.05, 4.69) is 16.5 Å². The van der Waals surface area contributed by atoms with E-state index in [0.29, 0.717) is 0 Å². The van der Waals surface area contributed by atoms with Gasteiger partial charge in [0.25, 0.3) is 0 Å². The molecule has 3 heteroatoms. The Morgan fingerprint density at radius 1 is 1.06 bits per heavy atom. The lowest BCUT2D eigenvalue weighted by Gasteiger charge is -2.16. The molecule has 1 N–H and O–H groups in total. The van der Waals surface area contributed by atoms with Gasteiger partial charge in [-0.25, -0.2) is 0 Å². The Hall–Kier alpha value is 0.270. The first kappa shape index (κ1) is 13.7. The van der Waals surface area contributed by atoms with Gasteiger partial charge in [-0.15, -0.1) is 0 Å². The van der Waals surface area contributed by atoms with Crippen LogP contribution in [0.3, 0.4) is 0 Å². The quantitative estimate of drug-likeness (QED) is 0.639. The van der Waals surface area contributed by atoms with Crippen LogP contribution in [0.2, 0.25) is 0 Å². The Morgan fingerprint density at radius 3 is 2.65 bits per heavy atom. The van der Waals surface area contributed by atoms with Gasteiger partial charge in [-0.05, 0) is 57.2 Å². The molecule has 1 unspecified atom stereocenters. The van der Waals surface area contributed by atoms with E-state index in [1.165, 1.54) is 70.3 Å². The van der Waals surface area contributed by atoms with E-state index in [0.717, 1.165) is 12.1 Å². The van der Waals surface area contributed by atoms with Crippen molar-refractivity contribution in [2.45, 2.75) is 57.0 Å². The van der Waals surface area contributed by atoms with Crippen LogP contribution in [0.4, 0.5) is 0 Å². The topological polar surface area (TPSA) is 15.3 Å². The summed E-state index contributed by atoms with van der Waals surface area (Å²) in [5.41, 5.74) is 0. The fourth-order valence-electron chi connectivity index (χ4n) is 2.69. The zero-order chi connectivity index (χ0) is 11.9. The zero-order valence-electron chi connectivity index (χ0n) is 11.3. The number of hydrogen-bond acceptors (Lipinski definition) is 3. The molecule has 2 fully saturated rings. The minimum absolute atomic E-state index is 0.805. The third-order valence-corrected chi connectivity index (χ3v) is 4.59. The summed E-state index contributed by atoms with van der Waals surface area (Å²) in [6, 6.07) is 1.69. The minimum Gasteiger partial charge on any atom is -0.310 e. The molecule has 1 saturated heterocycles. The lowest BCUT2D eigenvalue weighted by molar-refractivity contribution is 0.318. The highest BCUT2D eigenvalue weighted by Gasteiger charge is 2.28. The van der Waals surface area contributed by atoms with Crippen LogP contribution in [0.15, 0.2) is 0 Å². The summed E-state index contributed by atoms with van der Waals surface area (Å²) in [5.74, 6) is 1.34. The van der Waals surface area contributed by atoms with Gasteiger partial charge < -0.3 is 10.2 Å². The maximum absolute atomic E-state index is 3.76. The molecule has 1 aliphatic carbocycles. The van der Waals surface area contributed by atoms with Gasteiger partial charge in [-0.1, -0.05) is 12.8 Å². The number of hydrogen-bond donors (Lipinski definition) is 1. The van der Waals surface area contributed by atoms with Crippen molar-refractivity contribution in [3.8, 4) is 0 Å². The van der Waals surface area contributed by atoms with Gasteiger partial charge >= 0.3 is 0 Å². The number of likely N-dealkylation sites (tertiary alicyclic amines) is 1. The lowest BCUT2D eigenvalue weighted by Crippen LogP contribution is -2.34. The number of nitrogens with one attached hydrogen (secondary N) is 1. The van der Waals surface area contributed by atoms with Crippen molar-refractivity contribution in [3.63, 3.8) is 0 Å². The van der Waals surface area contributed by atoms with E-state index in [4.69, 9.17) is 0 Å². The first-order valence-electron chi connectivity index (χ1n) is 7.36. The van der Waals surface area contributed by atoms with Crippen molar-refractivity contribution in [1.82, 2.24) is 10.2 Å². The summed E-state index contributed by atoms with van der Waals surface area (Å²) < 4.78 is 0. The normalized spacial score (nSPS) is 25.6. The second-order valence-corrected chi connectivity index (χ2v) is 6.62. The molecule has 0 aromatic heterocycles. The van der Waals surface area contributed by atoms with Crippen molar-refractivity contribution in [2.24, 2.45) is 0 Å². The summed E-state index contributed by atoms with van der Waals surface area (Å²) in [5, 5.41) is 3.76. The molecular formula is C14H28N2S. The van der Waals surface area contributed by atoms with Crippen LogP contribution in [0.1, 0.15) is 44.9 Å². The molecule has 1 atom stereocenters. The van der Waals surface area contributed by atoms with Crippen molar-refractivity contribution >= 4 is 11.8 Å². The molecule has 0 spiro atoms. The van der Waals surface area contributed by atoms with Crippen LogP contribution >= 0.6 is 11.8 Å². The predicted molar refractivity (Wildman–Crippen MR) is 77.9 cm³/mol. The summed E-state index contributed by atoms with van der Waals surface area (Å²) >= 11 is 1.98.